The van der Waals surface area contributed by atoms with Crippen LogP contribution in [0, 0.1) is 0 Å². The van der Waals surface area contributed by atoms with Crippen LogP contribution in [0.1, 0.15) is 11.3 Å². The van der Waals surface area contributed by atoms with Gasteiger partial charge in [0.05, 0.1) is 27.7 Å². The largest absolute Gasteiger partial charge is 0.457 e. The van der Waals surface area contributed by atoms with Crippen LogP contribution in [0.3, 0.4) is 0 Å². The molecule has 0 radical (unpaired) electrons. The van der Waals surface area contributed by atoms with E-state index in [4.69, 9.17) is 16.3 Å². The first-order valence-corrected chi connectivity index (χ1v) is 10.1. The first-order chi connectivity index (χ1) is 13.6. The highest BCUT2D eigenvalue weighted by Gasteiger charge is 2.31. The zero-order valence-electron chi connectivity index (χ0n) is 14.7. The van der Waals surface area contributed by atoms with Gasteiger partial charge in [0.1, 0.15) is 11.5 Å². The summed E-state index contributed by atoms with van der Waals surface area (Å²) in [7, 11) is -3.93. The average Bonchev–Trinajstić information content (AvgIpc) is 2.67. The van der Waals surface area contributed by atoms with Crippen molar-refractivity contribution in [1.29, 1.82) is 0 Å². The van der Waals surface area contributed by atoms with Gasteiger partial charge < -0.3 is 4.74 Å². The van der Waals surface area contributed by atoms with Crippen LogP contribution in [0.25, 0.3) is 0 Å². The van der Waals surface area contributed by atoms with Crippen LogP contribution in [0.5, 0.6) is 11.5 Å². The zero-order chi connectivity index (χ0) is 21.1. The number of hydrogen-bond acceptors (Lipinski definition) is 4. The van der Waals surface area contributed by atoms with Crippen molar-refractivity contribution in [2.75, 3.05) is 0 Å². The van der Waals surface area contributed by atoms with Crippen LogP contribution in [-0.4, -0.2) is 13.4 Å². The van der Waals surface area contributed by atoms with Gasteiger partial charge in [0.25, 0.3) is 0 Å². The molecular formula is C19H14ClF3N2O3S. The molecule has 0 unspecified atom stereocenters. The molecular weight excluding hydrogens is 429 g/mol. The molecule has 0 spiro atoms. The molecule has 0 saturated carbocycles. The smallest absolute Gasteiger partial charge is 0.417 e. The summed E-state index contributed by atoms with van der Waals surface area (Å²) < 4.78 is 70.6. The quantitative estimate of drug-likeness (QED) is 0.581. The van der Waals surface area contributed by atoms with Gasteiger partial charge in [0.15, 0.2) is 0 Å². The van der Waals surface area contributed by atoms with E-state index in [1.807, 2.05) is 6.07 Å². The lowest BCUT2D eigenvalue weighted by molar-refractivity contribution is -0.137. The summed E-state index contributed by atoms with van der Waals surface area (Å²) in [5.41, 5.74) is -1.03. The van der Waals surface area contributed by atoms with E-state index < -0.39 is 21.8 Å². The van der Waals surface area contributed by atoms with Gasteiger partial charge in [-0.15, -0.1) is 0 Å². The fourth-order valence-electron chi connectivity index (χ4n) is 2.31. The van der Waals surface area contributed by atoms with E-state index in [1.54, 1.807) is 24.3 Å². The van der Waals surface area contributed by atoms with Crippen molar-refractivity contribution in [1.82, 2.24) is 9.71 Å². The van der Waals surface area contributed by atoms with Crippen molar-refractivity contribution in [2.45, 2.75) is 17.6 Å². The molecule has 1 heterocycles. The van der Waals surface area contributed by atoms with Crippen molar-refractivity contribution in [2.24, 2.45) is 0 Å². The van der Waals surface area contributed by atoms with Crippen molar-refractivity contribution in [3.05, 3.63) is 83.1 Å². The van der Waals surface area contributed by atoms with Gasteiger partial charge in [-0.05, 0) is 42.5 Å². The minimum absolute atomic E-state index is 0.0210. The standard InChI is InChI=1S/C19H14ClF3N2O3S/c20-17-10-13(19(21,22)23)11-24-18(17)12-25-29(26,27)16-8-6-15(7-9-16)28-14-4-2-1-3-5-14/h1-11,25H,12H2. The summed E-state index contributed by atoms with van der Waals surface area (Å²) in [6.45, 7) is -0.360. The van der Waals surface area contributed by atoms with E-state index in [1.165, 1.54) is 24.3 Å². The topological polar surface area (TPSA) is 68.3 Å². The highest BCUT2D eigenvalue weighted by Crippen LogP contribution is 2.31. The molecule has 0 aliphatic rings. The summed E-state index contributed by atoms with van der Waals surface area (Å²) in [5, 5.41) is -0.283. The number of ether oxygens (including phenoxy) is 1. The highest BCUT2D eigenvalue weighted by atomic mass is 35.5. The third-order valence-electron chi connectivity index (χ3n) is 3.79. The van der Waals surface area contributed by atoms with E-state index in [0.29, 0.717) is 23.8 Å². The molecule has 3 aromatic rings. The Morgan fingerprint density at radius 3 is 2.21 bits per heavy atom. The average molecular weight is 443 g/mol. The third-order valence-corrected chi connectivity index (χ3v) is 5.53. The van der Waals surface area contributed by atoms with Gasteiger partial charge >= 0.3 is 6.18 Å². The molecule has 0 amide bonds. The summed E-state index contributed by atoms with van der Waals surface area (Å²) in [4.78, 5) is 3.56. The molecule has 5 nitrogen and oxygen atoms in total. The normalized spacial score (nSPS) is 12.0. The van der Waals surface area contributed by atoms with Gasteiger partial charge in [-0.1, -0.05) is 29.8 Å². The van der Waals surface area contributed by atoms with Crippen molar-refractivity contribution < 1.29 is 26.3 Å². The molecule has 0 atom stereocenters. The van der Waals surface area contributed by atoms with Gasteiger partial charge in [0.2, 0.25) is 10.0 Å². The molecule has 0 aliphatic carbocycles. The Bertz CT molecular complexity index is 1090. The maximum absolute atomic E-state index is 12.6. The molecule has 10 heteroatoms. The second-order valence-corrected chi connectivity index (χ2v) is 8.04. The Morgan fingerprint density at radius 1 is 1.00 bits per heavy atom. The lowest BCUT2D eigenvalue weighted by atomic mass is 10.2. The molecule has 0 fully saturated rings. The first-order valence-electron chi connectivity index (χ1n) is 8.19. The number of benzene rings is 2. The third kappa shape index (κ3) is 5.47. The number of nitrogens with one attached hydrogen (secondary N) is 1. The molecule has 1 aromatic heterocycles. The van der Waals surface area contributed by atoms with E-state index in [0.717, 1.165) is 0 Å². The van der Waals surface area contributed by atoms with Gasteiger partial charge in [0, 0.05) is 6.20 Å². The number of sulfonamides is 1. The van der Waals surface area contributed by atoms with Crippen molar-refractivity contribution in [3.63, 3.8) is 0 Å². The van der Waals surface area contributed by atoms with Crippen LogP contribution in [-0.2, 0) is 22.7 Å². The molecule has 0 saturated heterocycles. The first kappa shape index (κ1) is 21.1. The molecule has 3 rings (SSSR count). The highest BCUT2D eigenvalue weighted by molar-refractivity contribution is 7.89. The van der Waals surface area contributed by atoms with Crippen LogP contribution >= 0.6 is 11.6 Å². The zero-order valence-corrected chi connectivity index (χ0v) is 16.2. The molecule has 1 N–H and O–H groups in total. The van der Waals surface area contributed by atoms with E-state index >= 15 is 0 Å². The monoisotopic (exact) mass is 442 g/mol. The Kier molecular flexibility index (Phi) is 6.11. The number of para-hydroxylation sites is 1. The second kappa shape index (κ2) is 8.40. The number of alkyl halides is 3. The van der Waals surface area contributed by atoms with Gasteiger partial charge in [-0.3, -0.25) is 4.98 Å². The molecule has 0 bridgehead atoms. The SMILES string of the molecule is O=S(=O)(NCc1ncc(C(F)(F)F)cc1Cl)c1ccc(Oc2ccccc2)cc1. The fraction of sp³-hybridized carbons (Fsp3) is 0.105. The van der Waals surface area contributed by atoms with E-state index in [2.05, 4.69) is 9.71 Å². The Hall–Kier alpha value is -2.62. The maximum Gasteiger partial charge on any atom is 0.417 e. The predicted octanol–water partition coefficient (Wildman–Crippen LogP) is 5.02. The van der Waals surface area contributed by atoms with Crippen LogP contribution in [0.15, 0.2) is 71.8 Å². The number of aromatic nitrogens is 1. The van der Waals surface area contributed by atoms with Crippen LogP contribution in [0.2, 0.25) is 5.02 Å². The van der Waals surface area contributed by atoms with Crippen LogP contribution < -0.4 is 9.46 Å². The lowest BCUT2D eigenvalue weighted by Gasteiger charge is -2.11. The summed E-state index contributed by atoms with van der Waals surface area (Å²) >= 11 is 5.79. The van der Waals surface area contributed by atoms with Crippen LogP contribution in [0.4, 0.5) is 13.2 Å². The van der Waals surface area contributed by atoms with Gasteiger partial charge in [-0.25, -0.2) is 13.1 Å². The summed E-state index contributed by atoms with van der Waals surface area (Å²) in [6, 6.07) is 15.3. The minimum atomic E-state index is -4.59. The summed E-state index contributed by atoms with van der Waals surface area (Å²) in [6.07, 6.45) is -3.98. The molecule has 0 aliphatic heterocycles. The second-order valence-electron chi connectivity index (χ2n) is 5.86. The van der Waals surface area contributed by atoms with E-state index in [-0.39, 0.29) is 22.2 Å². The molecule has 152 valence electrons. The Morgan fingerprint density at radius 2 is 1.62 bits per heavy atom. The Labute approximate surface area is 170 Å². The summed E-state index contributed by atoms with van der Waals surface area (Å²) in [5.74, 6) is 1.05. The van der Waals surface area contributed by atoms with E-state index in [9.17, 15) is 21.6 Å². The number of hydrogen-bond donors (Lipinski definition) is 1. The molecule has 29 heavy (non-hydrogen) atoms. The molecule has 2 aromatic carbocycles. The fourth-order valence-corrected chi connectivity index (χ4v) is 3.53. The lowest BCUT2D eigenvalue weighted by Crippen LogP contribution is -2.24. The Balaban J connectivity index is 1.68. The number of halogens is 4. The number of nitrogens with zero attached hydrogens (tertiary/aromatic N) is 1. The van der Waals surface area contributed by atoms with Crippen molar-refractivity contribution in [3.8, 4) is 11.5 Å². The van der Waals surface area contributed by atoms with Gasteiger partial charge in [-0.2, -0.15) is 13.2 Å². The van der Waals surface area contributed by atoms with Crippen molar-refractivity contribution >= 4 is 21.6 Å². The maximum atomic E-state index is 12.6. The number of rotatable bonds is 6. The predicted molar refractivity (Wildman–Crippen MR) is 101 cm³/mol. The minimum Gasteiger partial charge on any atom is -0.457 e. The number of pyridine rings is 1.